The summed E-state index contributed by atoms with van der Waals surface area (Å²) in [5.41, 5.74) is 0.722. The molecule has 1 saturated heterocycles. The number of ether oxygens (including phenoxy) is 2. The molecule has 0 aromatic heterocycles. The van der Waals surface area contributed by atoms with Crippen LogP contribution >= 0.6 is 11.6 Å². The van der Waals surface area contributed by atoms with Crippen LogP contribution in [0.1, 0.15) is 23.1 Å². The van der Waals surface area contributed by atoms with Gasteiger partial charge in [0.1, 0.15) is 18.0 Å². The van der Waals surface area contributed by atoms with E-state index in [1.54, 1.807) is 12.1 Å². The second-order valence-corrected chi connectivity index (χ2v) is 8.92. The van der Waals surface area contributed by atoms with Crippen LogP contribution in [0.4, 0.5) is 13.2 Å². The Morgan fingerprint density at radius 2 is 1.71 bits per heavy atom. The molecule has 1 heterocycles. The van der Waals surface area contributed by atoms with Crippen molar-refractivity contribution < 1.29 is 27.4 Å². The molecule has 3 aromatic carbocycles. The summed E-state index contributed by atoms with van der Waals surface area (Å²) in [6.45, 7) is 1.08. The highest BCUT2D eigenvalue weighted by Gasteiger charge is 2.46. The molecule has 35 heavy (non-hydrogen) atoms. The van der Waals surface area contributed by atoms with E-state index in [4.69, 9.17) is 21.1 Å². The lowest BCUT2D eigenvalue weighted by atomic mass is 9.81. The summed E-state index contributed by atoms with van der Waals surface area (Å²) in [5.74, 6) is -4.09. The molecular weight excluding hydrogens is 479 g/mol. The van der Waals surface area contributed by atoms with Crippen molar-refractivity contribution in [3.63, 3.8) is 0 Å². The number of rotatable bonds is 9. The van der Waals surface area contributed by atoms with Crippen LogP contribution in [0, 0.1) is 17.5 Å². The molecule has 3 aromatic rings. The Morgan fingerprint density at radius 3 is 2.43 bits per heavy atom. The zero-order valence-electron chi connectivity index (χ0n) is 18.9. The van der Waals surface area contributed by atoms with Crippen LogP contribution < -0.4 is 0 Å². The highest BCUT2D eigenvalue weighted by Crippen LogP contribution is 2.40. The van der Waals surface area contributed by atoms with Crippen molar-refractivity contribution in [3.05, 3.63) is 106 Å². The number of likely N-dealkylation sites (tertiary alicyclic amines) is 1. The second kappa shape index (κ2) is 11.4. The predicted octanol–water partition coefficient (Wildman–Crippen LogP) is 5.66. The predicted molar refractivity (Wildman–Crippen MR) is 126 cm³/mol. The first-order valence-electron chi connectivity index (χ1n) is 11.3. The van der Waals surface area contributed by atoms with E-state index in [2.05, 4.69) is 0 Å². The van der Waals surface area contributed by atoms with Crippen molar-refractivity contribution in [3.8, 4) is 0 Å². The normalized spacial score (nSPS) is 20.6. The highest BCUT2D eigenvalue weighted by molar-refractivity contribution is 6.30. The molecule has 1 aliphatic heterocycles. The van der Waals surface area contributed by atoms with Gasteiger partial charge in [-0.3, -0.25) is 4.90 Å². The summed E-state index contributed by atoms with van der Waals surface area (Å²) < 4.78 is 54.3. The fourth-order valence-electron chi connectivity index (χ4n) is 4.38. The van der Waals surface area contributed by atoms with Gasteiger partial charge in [-0.15, -0.1) is 0 Å². The maximum atomic E-state index is 14.3. The number of halogens is 4. The number of benzene rings is 3. The summed E-state index contributed by atoms with van der Waals surface area (Å²) in [7, 11) is 0. The van der Waals surface area contributed by atoms with Gasteiger partial charge in [0.15, 0.2) is 17.5 Å². The summed E-state index contributed by atoms with van der Waals surface area (Å²) in [4.78, 5) is 13.1. The SMILES string of the molecule is O=CCN1CC[C@@](OCc2ccccc2)(c2ccc(Cl)cc2)[C@@H](OCc2ccc(F)c(F)c2F)C1. The summed E-state index contributed by atoms with van der Waals surface area (Å²) >= 11 is 6.13. The third kappa shape index (κ3) is 5.76. The minimum Gasteiger partial charge on any atom is -0.369 e. The fourth-order valence-corrected chi connectivity index (χ4v) is 4.51. The van der Waals surface area contributed by atoms with Gasteiger partial charge in [-0.05, 0) is 35.7 Å². The van der Waals surface area contributed by atoms with Gasteiger partial charge in [0.25, 0.3) is 0 Å². The van der Waals surface area contributed by atoms with E-state index in [0.29, 0.717) is 24.5 Å². The third-order valence-electron chi connectivity index (χ3n) is 6.30. The van der Waals surface area contributed by atoms with Crippen LogP contribution in [0.15, 0.2) is 66.7 Å². The van der Waals surface area contributed by atoms with Crippen LogP contribution in [-0.2, 0) is 33.1 Å². The number of carbonyl (C=O) groups excluding carboxylic acids is 1. The van der Waals surface area contributed by atoms with Gasteiger partial charge in [0.2, 0.25) is 0 Å². The first-order chi connectivity index (χ1) is 16.9. The van der Waals surface area contributed by atoms with Crippen LogP contribution in [0.25, 0.3) is 0 Å². The number of hydrogen-bond acceptors (Lipinski definition) is 4. The lowest BCUT2D eigenvalue weighted by molar-refractivity contribution is -0.193. The molecule has 8 heteroatoms. The minimum absolute atomic E-state index is 0.107. The topological polar surface area (TPSA) is 38.8 Å². The molecule has 0 amide bonds. The smallest absolute Gasteiger partial charge is 0.194 e. The molecule has 2 atom stereocenters. The van der Waals surface area contributed by atoms with E-state index >= 15 is 0 Å². The van der Waals surface area contributed by atoms with Crippen molar-refractivity contribution in [2.45, 2.75) is 31.3 Å². The van der Waals surface area contributed by atoms with E-state index < -0.39 is 29.2 Å². The van der Waals surface area contributed by atoms with E-state index in [0.717, 1.165) is 29.5 Å². The average molecular weight is 504 g/mol. The number of hydrogen-bond donors (Lipinski definition) is 0. The third-order valence-corrected chi connectivity index (χ3v) is 6.56. The zero-order chi connectivity index (χ0) is 24.8. The Balaban J connectivity index is 1.68. The van der Waals surface area contributed by atoms with Gasteiger partial charge in [0, 0.05) is 23.7 Å². The van der Waals surface area contributed by atoms with Gasteiger partial charge in [-0.1, -0.05) is 60.1 Å². The number of nitrogens with zero attached hydrogens (tertiary/aromatic N) is 1. The number of aldehydes is 1. The standard InChI is InChI=1S/C27H25ClF3NO3/c28-22-9-7-21(8-10-22)27(35-17-19-4-2-1-3-5-19)12-13-32(14-15-33)16-24(27)34-18-20-6-11-23(29)26(31)25(20)30/h1-11,15,24H,12-14,16-18H2/t24-,27+/m0/s1. The molecule has 0 radical (unpaired) electrons. The molecule has 0 aliphatic carbocycles. The zero-order valence-corrected chi connectivity index (χ0v) is 19.7. The van der Waals surface area contributed by atoms with Crippen LogP contribution in [0.5, 0.6) is 0 Å². The molecule has 0 saturated carbocycles. The van der Waals surface area contributed by atoms with Gasteiger partial charge >= 0.3 is 0 Å². The van der Waals surface area contributed by atoms with Gasteiger partial charge in [-0.2, -0.15) is 0 Å². The van der Waals surface area contributed by atoms with Crippen molar-refractivity contribution in [1.29, 1.82) is 0 Å². The maximum absolute atomic E-state index is 14.3. The molecule has 4 nitrogen and oxygen atoms in total. The summed E-state index contributed by atoms with van der Waals surface area (Å²) in [6.07, 6.45) is 0.653. The minimum atomic E-state index is -1.54. The molecule has 1 aliphatic rings. The van der Waals surface area contributed by atoms with Crippen LogP contribution in [0.3, 0.4) is 0 Å². The van der Waals surface area contributed by atoms with E-state index in [1.807, 2.05) is 47.4 Å². The van der Waals surface area contributed by atoms with Crippen LogP contribution in [-0.4, -0.2) is 36.9 Å². The van der Waals surface area contributed by atoms with E-state index in [-0.39, 0.29) is 25.3 Å². The Bertz CT molecular complexity index is 1150. The van der Waals surface area contributed by atoms with Crippen molar-refractivity contribution >= 4 is 17.9 Å². The lowest BCUT2D eigenvalue weighted by Gasteiger charge is -2.47. The highest BCUT2D eigenvalue weighted by atomic mass is 35.5. The van der Waals surface area contributed by atoms with Gasteiger partial charge in [-0.25, -0.2) is 13.2 Å². The first-order valence-corrected chi connectivity index (χ1v) is 11.6. The van der Waals surface area contributed by atoms with E-state index in [9.17, 15) is 18.0 Å². The Labute approximate surface area is 207 Å². The Morgan fingerprint density at radius 1 is 0.971 bits per heavy atom. The summed E-state index contributed by atoms with van der Waals surface area (Å²) in [5, 5.41) is 0.562. The molecule has 184 valence electrons. The maximum Gasteiger partial charge on any atom is 0.194 e. The van der Waals surface area contributed by atoms with Crippen molar-refractivity contribution in [2.24, 2.45) is 0 Å². The number of piperidine rings is 1. The molecule has 0 bridgehead atoms. The molecule has 0 N–H and O–H groups in total. The Hall–Kier alpha value is -2.71. The lowest BCUT2D eigenvalue weighted by Crippen LogP contribution is -2.56. The molecular formula is C27H25ClF3NO3. The quantitative estimate of drug-likeness (QED) is 0.279. The Kier molecular flexibility index (Phi) is 8.23. The monoisotopic (exact) mass is 503 g/mol. The molecule has 0 spiro atoms. The molecule has 4 rings (SSSR count). The van der Waals surface area contributed by atoms with Crippen LogP contribution in [0.2, 0.25) is 5.02 Å². The fraction of sp³-hybridized carbons (Fsp3) is 0.296. The van der Waals surface area contributed by atoms with Gasteiger partial charge < -0.3 is 14.3 Å². The van der Waals surface area contributed by atoms with Crippen molar-refractivity contribution in [1.82, 2.24) is 4.90 Å². The second-order valence-electron chi connectivity index (χ2n) is 8.48. The molecule has 0 unspecified atom stereocenters. The van der Waals surface area contributed by atoms with Gasteiger partial charge in [0.05, 0.1) is 19.8 Å². The van der Waals surface area contributed by atoms with Crippen molar-refractivity contribution in [2.75, 3.05) is 19.6 Å². The largest absolute Gasteiger partial charge is 0.369 e. The average Bonchev–Trinajstić information content (AvgIpc) is 2.88. The summed E-state index contributed by atoms with van der Waals surface area (Å²) in [6, 6.07) is 18.9. The number of carbonyl (C=O) groups is 1. The van der Waals surface area contributed by atoms with E-state index in [1.165, 1.54) is 0 Å². The molecule has 1 fully saturated rings. The first kappa shape index (κ1) is 25.4.